The Labute approximate surface area is 88.5 Å². The van der Waals surface area contributed by atoms with Crippen LogP contribution in [0.15, 0.2) is 48.7 Å². The van der Waals surface area contributed by atoms with E-state index in [4.69, 9.17) is 5.41 Å². The van der Waals surface area contributed by atoms with Crippen LogP contribution in [0.25, 0.3) is 11.1 Å². The number of nitrogens with one attached hydrogen (secondary N) is 2. The van der Waals surface area contributed by atoms with Gasteiger partial charge in [-0.2, -0.15) is 0 Å². The second kappa shape index (κ2) is 4.00. The molecule has 0 aliphatic carbocycles. The normalized spacial score (nSPS) is 9.93. The van der Waals surface area contributed by atoms with E-state index in [1.54, 1.807) is 11.7 Å². The maximum absolute atomic E-state index is 7.98. The Balaban J connectivity index is 2.60. The highest BCUT2D eigenvalue weighted by atomic mass is 15.4. The minimum atomic E-state index is 0.464. The van der Waals surface area contributed by atoms with Gasteiger partial charge in [0.05, 0.1) is 0 Å². The van der Waals surface area contributed by atoms with E-state index in [0.717, 1.165) is 11.1 Å². The van der Waals surface area contributed by atoms with Crippen LogP contribution < -0.4 is 10.9 Å². The van der Waals surface area contributed by atoms with Crippen molar-refractivity contribution in [1.82, 2.24) is 4.68 Å². The summed E-state index contributed by atoms with van der Waals surface area (Å²) in [6.07, 6.45) is 1.83. The molecule has 0 bridgehead atoms. The molecule has 1 heterocycles. The minimum Gasteiger partial charge on any atom is -0.328 e. The van der Waals surface area contributed by atoms with Crippen molar-refractivity contribution in [3.8, 4) is 11.1 Å². The van der Waals surface area contributed by atoms with E-state index in [1.807, 2.05) is 48.7 Å². The molecule has 0 fully saturated rings. The van der Waals surface area contributed by atoms with Crippen LogP contribution in [-0.2, 0) is 0 Å². The molecule has 3 nitrogen and oxygen atoms in total. The second-order valence-electron chi connectivity index (χ2n) is 3.23. The number of hydrogen-bond acceptors (Lipinski definition) is 2. The molecule has 0 atom stereocenters. The molecule has 1 aromatic heterocycles. The van der Waals surface area contributed by atoms with Crippen molar-refractivity contribution >= 4 is 0 Å². The standard InChI is InChI=1S/C12H13N3/c1-14-15-9-5-8-11(12(15)13)10-6-3-2-4-7-10/h2-9,13-14H,1H3. The molecular formula is C12H13N3. The molecule has 1 aromatic carbocycles. The lowest BCUT2D eigenvalue weighted by Gasteiger charge is -2.08. The second-order valence-corrected chi connectivity index (χ2v) is 3.23. The predicted octanol–water partition coefficient (Wildman–Crippen LogP) is 1.81. The summed E-state index contributed by atoms with van der Waals surface area (Å²) in [6.45, 7) is 0. The fourth-order valence-electron chi connectivity index (χ4n) is 1.55. The van der Waals surface area contributed by atoms with Crippen molar-refractivity contribution in [2.75, 3.05) is 12.5 Å². The van der Waals surface area contributed by atoms with Crippen molar-refractivity contribution < 1.29 is 0 Å². The Kier molecular flexibility index (Phi) is 2.54. The summed E-state index contributed by atoms with van der Waals surface area (Å²) in [4.78, 5) is 0. The first kappa shape index (κ1) is 9.52. The molecule has 0 aliphatic rings. The van der Waals surface area contributed by atoms with E-state index < -0.39 is 0 Å². The average molecular weight is 199 g/mol. The molecule has 0 saturated carbocycles. The summed E-state index contributed by atoms with van der Waals surface area (Å²) in [5.41, 5.74) is 5.38. The van der Waals surface area contributed by atoms with Gasteiger partial charge in [0.2, 0.25) is 0 Å². The zero-order valence-electron chi connectivity index (χ0n) is 8.57. The van der Waals surface area contributed by atoms with Crippen molar-refractivity contribution in [2.24, 2.45) is 0 Å². The molecule has 0 radical (unpaired) electrons. The van der Waals surface area contributed by atoms with Gasteiger partial charge in [-0.3, -0.25) is 10.1 Å². The molecule has 0 spiro atoms. The number of pyridine rings is 1. The van der Waals surface area contributed by atoms with Gasteiger partial charge >= 0.3 is 0 Å². The number of aromatic nitrogens is 1. The number of benzene rings is 1. The van der Waals surface area contributed by atoms with E-state index in [2.05, 4.69) is 5.43 Å². The van der Waals surface area contributed by atoms with Crippen molar-refractivity contribution in [3.63, 3.8) is 0 Å². The Morgan fingerprint density at radius 2 is 1.80 bits per heavy atom. The van der Waals surface area contributed by atoms with Crippen molar-refractivity contribution in [3.05, 3.63) is 54.1 Å². The summed E-state index contributed by atoms with van der Waals surface area (Å²) < 4.78 is 1.68. The van der Waals surface area contributed by atoms with Crippen LogP contribution in [0.3, 0.4) is 0 Å². The topological polar surface area (TPSA) is 40.8 Å². The average Bonchev–Trinajstić information content (AvgIpc) is 2.30. The van der Waals surface area contributed by atoms with Gasteiger partial charge in [-0.05, 0) is 17.7 Å². The zero-order valence-corrected chi connectivity index (χ0v) is 8.57. The van der Waals surface area contributed by atoms with Crippen LogP contribution >= 0.6 is 0 Å². The first-order valence-corrected chi connectivity index (χ1v) is 4.82. The van der Waals surface area contributed by atoms with Gasteiger partial charge in [0.15, 0.2) is 5.49 Å². The lowest BCUT2D eigenvalue weighted by atomic mass is 10.1. The van der Waals surface area contributed by atoms with E-state index in [1.165, 1.54) is 0 Å². The molecular weight excluding hydrogens is 186 g/mol. The molecule has 0 saturated heterocycles. The van der Waals surface area contributed by atoms with Gasteiger partial charge < -0.3 is 5.43 Å². The molecule has 2 rings (SSSR count). The molecule has 0 aliphatic heterocycles. The summed E-state index contributed by atoms with van der Waals surface area (Å²) in [5, 5.41) is 7.98. The Hall–Kier alpha value is -2.03. The van der Waals surface area contributed by atoms with Gasteiger partial charge in [-0.1, -0.05) is 30.3 Å². The lowest BCUT2D eigenvalue weighted by Crippen LogP contribution is -2.26. The highest BCUT2D eigenvalue weighted by molar-refractivity contribution is 5.61. The fourth-order valence-corrected chi connectivity index (χ4v) is 1.55. The SMILES string of the molecule is CNn1cccc(-c2ccccc2)c1=N. The van der Waals surface area contributed by atoms with E-state index in [-0.39, 0.29) is 0 Å². The molecule has 0 amide bonds. The van der Waals surface area contributed by atoms with E-state index in [9.17, 15) is 0 Å². The third kappa shape index (κ3) is 1.76. The first-order valence-electron chi connectivity index (χ1n) is 4.82. The van der Waals surface area contributed by atoms with Crippen molar-refractivity contribution in [2.45, 2.75) is 0 Å². The summed E-state index contributed by atoms with van der Waals surface area (Å²) in [7, 11) is 1.80. The van der Waals surface area contributed by atoms with E-state index in [0.29, 0.717) is 5.49 Å². The number of rotatable bonds is 2. The maximum Gasteiger partial charge on any atom is 0.151 e. The predicted molar refractivity (Wildman–Crippen MR) is 61.0 cm³/mol. The summed E-state index contributed by atoms with van der Waals surface area (Å²) in [5.74, 6) is 0. The maximum atomic E-state index is 7.98. The van der Waals surface area contributed by atoms with Crippen LogP contribution in [0.4, 0.5) is 0 Å². The van der Waals surface area contributed by atoms with Gasteiger partial charge in [0.1, 0.15) is 0 Å². The molecule has 15 heavy (non-hydrogen) atoms. The third-order valence-corrected chi connectivity index (χ3v) is 2.32. The molecule has 0 unspecified atom stereocenters. The van der Waals surface area contributed by atoms with Crippen LogP contribution in [0.5, 0.6) is 0 Å². The van der Waals surface area contributed by atoms with Gasteiger partial charge in [-0.15, -0.1) is 0 Å². The first-order chi connectivity index (χ1) is 7.33. The molecule has 2 aromatic rings. The highest BCUT2D eigenvalue weighted by Crippen LogP contribution is 2.13. The highest BCUT2D eigenvalue weighted by Gasteiger charge is 2.00. The largest absolute Gasteiger partial charge is 0.328 e. The zero-order chi connectivity index (χ0) is 10.7. The number of hydrogen-bond donors (Lipinski definition) is 2. The fraction of sp³-hybridized carbons (Fsp3) is 0.0833. The smallest absolute Gasteiger partial charge is 0.151 e. The Morgan fingerprint density at radius 3 is 2.47 bits per heavy atom. The Bertz CT molecular complexity index is 500. The third-order valence-electron chi connectivity index (χ3n) is 2.32. The molecule has 3 heteroatoms. The van der Waals surface area contributed by atoms with Gasteiger partial charge in [0.25, 0.3) is 0 Å². The van der Waals surface area contributed by atoms with Crippen molar-refractivity contribution in [1.29, 1.82) is 5.41 Å². The van der Waals surface area contributed by atoms with Crippen LogP contribution in [0, 0.1) is 5.41 Å². The molecule has 76 valence electrons. The minimum absolute atomic E-state index is 0.464. The van der Waals surface area contributed by atoms with E-state index >= 15 is 0 Å². The number of nitrogens with zero attached hydrogens (tertiary/aromatic N) is 1. The van der Waals surface area contributed by atoms with Gasteiger partial charge in [0, 0.05) is 18.8 Å². The van der Waals surface area contributed by atoms with Crippen LogP contribution in [-0.4, -0.2) is 11.7 Å². The Morgan fingerprint density at radius 1 is 1.07 bits per heavy atom. The van der Waals surface area contributed by atoms with Crippen LogP contribution in [0.2, 0.25) is 0 Å². The quantitative estimate of drug-likeness (QED) is 0.761. The van der Waals surface area contributed by atoms with Gasteiger partial charge in [-0.25, -0.2) is 0 Å². The molecule has 2 N–H and O–H groups in total. The van der Waals surface area contributed by atoms with Crippen LogP contribution in [0.1, 0.15) is 0 Å². The lowest BCUT2D eigenvalue weighted by molar-refractivity contribution is 0.832. The summed E-state index contributed by atoms with van der Waals surface area (Å²) >= 11 is 0. The monoisotopic (exact) mass is 199 g/mol. The summed E-state index contributed by atoms with van der Waals surface area (Å²) in [6, 6.07) is 13.8.